The van der Waals surface area contributed by atoms with Crippen LogP contribution in [-0.4, -0.2) is 26.8 Å². The van der Waals surface area contributed by atoms with Gasteiger partial charge in [0.05, 0.1) is 0 Å². The molecule has 15 heavy (non-hydrogen) atoms. The molecular weight excluding hydrogens is 202 g/mol. The first-order valence-electron chi connectivity index (χ1n) is 5.84. The molecule has 3 heteroatoms. The summed E-state index contributed by atoms with van der Waals surface area (Å²) in [5.41, 5.74) is 0. The fourth-order valence-corrected chi connectivity index (χ4v) is 2.42. The van der Waals surface area contributed by atoms with Crippen molar-refractivity contribution >= 4 is 8.32 Å². The summed E-state index contributed by atoms with van der Waals surface area (Å²) in [6, 6.07) is 0. The van der Waals surface area contributed by atoms with Crippen molar-refractivity contribution in [2.75, 3.05) is 13.6 Å². The summed E-state index contributed by atoms with van der Waals surface area (Å²) in [7, 11) is 0.479. The van der Waals surface area contributed by atoms with Gasteiger partial charge < -0.3 is 9.33 Å². The fourth-order valence-electron chi connectivity index (χ4n) is 1.35. The van der Waals surface area contributed by atoms with Crippen LogP contribution < -0.4 is 0 Å². The minimum absolute atomic E-state index is 0.284. The number of allylic oxidation sites excluding steroid dienone is 1. The molecule has 0 atom stereocenters. The lowest BCUT2D eigenvalue weighted by molar-refractivity contribution is 0.218. The molecule has 0 aliphatic carbocycles. The smallest absolute Gasteiger partial charge is 0.252 e. The van der Waals surface area contributed by atoms with Gasteiger partial charge in [-0.25, -0.2) is 0 Å². The maximum Gasteiger partial charge on any atom is 0.252 e. The van der Waals surface area contributed by atoms with Gasteiger partial charge in [0.1, 0.15) is 0 Å². The summed E-state index contributed by atoms with van der Waals surface area (Å²) < 4.78 is 6.28. The summed E-state index contributed by atoms with van der Waals surface area (Å²) >= 11 is 0. The average Bonchev–Trinajstić information content (AvgIpc) is 2.06. The van der Waals surface area contributed by atoms with Gasteiger partial charge in [-0.05, 0) is 37.0 Å². The molecule has 0 unspecified atom stereocenters. The lowest BCUT2D eigenvalue weighted by Crippen LogP contribution is -2.43. The van der Waals surface area contributed by atoms with E-state index < -0.39 is 8.32 Å². The molecule has 0 aromatic carbocycles. The normalized spacial score (nSPS) is 18.8. The highest BCUT2D eigenvalue weighted by molar-refractivity contribution is 6.74. The molecule has 1 heterocycles. The van der Waals surface area contributed by atoms with Gasteiger partial charge in [-0.3, -0.25) is 0 Å². The predicted molar refractivity (Wildman–Crippen MR) is 68.2 cm³/mol. The van der Waals surface area contributed by atoms with Crippen LogP contribution in [-0.2, 0) is 4.43 Å². The van der Waals surface area contributed by atoms with Crippen LogP contribution in [0.4, 0.5) is 0 Å². The van der Waals surface area contributed by atoms with Crippen LogP contribution >= 0.6 is 0 Å². The summed E-state index contributed by atoms with van der Waals surface area (Å²) in [5.74, 6) is 1.10. The Morgan fingerprint density at radius 3 is 2.40 bits per heavy atom. The zero-order valence-electron chi connectivity index (χ0n) is 11.1. The molecule has 0 aromatic rings. The van der Waals surface area contributed by atoms with Crippen molar-refractivity contribution in [3.63, 3.8) is 0 Å². The zero-order chi connectivity index (χ0) is 11.7. The third-order valence-electron chi connectivity index (χ3n) is 3.56. The Kier molecular flexibility index (Phi) is 3.54. The monoisotopic (exact) mass is 227 g/mol. The maximum atomic E-state index is 6.28. The Hall–Kier alpha value is -0.443. The van der Waals surface area contributed by atoms with Crippen molar-refractivity contribution in [1.29, 1.82) is 0 Å². The first-order chi connectivity index (χ1) is 6.74. The van der Waals surface area contributed by atoms with E-state index in [1.807, 2.05) is 0 Å². The van der Waals surface area contributed by atoms with E-state index in [0.29, 0.717) is 0 Å². The maximum absolute atomic E-state index is 6.28. The first kappa shape index (κ1) is 12.6. The number of rotatable bonds is 2. The van der Waals surface area contributed by atoms with Gasteiger partial charge in [0.2, 0.25) is 0 Å². The van der Waals surface area contributed by atoms with E-state index in [4.69, 9.17) is 4.43 Å². The largest absolute Gasteiger partial charge is 0.532 e. The van der Waals surface area contributed by atoms with Crippen molar-refractivity contribution in [2.45, 2.75) is 51.7 Å². The van der Waals surface area contributed by atoms with Crippen LogP contribution in [0.25, 0.3) is 0 Å². The molecular formula is C12H25NOSi. The summed E-state index contributed by atoms with van der Waals surface area (Å²) in [6.07, 6.45) is 4.65. The molecule has 1 rings (SSSR count). The Morgan fingerprint density at radius 1 is 1.33 bits per heavy atom. The molecule has 88 valence electrons. The first-order valence-corrected chi connectivity index (χ1v) is 8.75. The Bertz CT molecular complexity index is 253. The van der Waals surface area contributed by atoms with Crippen LogP contribution in [0.1, 0.15) is 33.6 Å². The lowest BCUT2D eigenvalue weighted by Gasteiger charge is -2.40. The molecule has 0 spiro atoms. The van der Waals surface area contributed by atoms with Crippen molar-refractivity contribution in [1.82, 2.24) is 4.90 Å². The topological polar surface area (TPSA) is 12.5 Å². The number of hydrogen-bond acceptors (Lipinski definition) is 2. The highest BCUT2D eigenvalue weighted by Gasteiger charge is 2.40. The average molecular weight is 227 g/mol. The second-order valence-corrected chi connectivity index (χ2v) is 10.7. The highest BCUT2D eigenvalue weighted by atomic mass is 28.4. The van der Waals surface area contributed by atoms with Crippen LogP contribution in [0.2, 0.25) is 18.1 Å². The molecule has 1 aliphatic heterocycles. The van der Waals surface area contributed by atoms with Gasteiger partial charge in [0.25, 0.3) is 8.32 Å². The third kappa shape index (κ3) is 3.00. The summed E-state index contributed by atoms with van der Waals surface area (Å²) in [5, 5.41) is 0.284. The third-order valence-corrected chi connectivity index (χ3v) is 7.89. The molecule has 0 bridgehead atoms. The summed E-state index contributed by atoms with van der Waals surface area (Å²) in [6.45, 7) is 12.6. The van der Waals surface area contributed by atoms with E-state index in [1.165, 1.54) is 6.42 Å². The van der Waals surface area contributed by atoms with E-state index in [-0.39, 0.29) is 5.04 Å². The Morgan fingerprint density at radius 2 is 1.93 bits per heavy atom. The summed E-state index contributed by atoms with van der Waals surface area (Å²) in [4.78, 5) is 2.24. The van der Waals surface area contributed by atoms with Crippen molar-refractivity contribution in [2.24, 2.45) is 0 Å². The highest BCUT2D eigenvalue weighted by Crippen LogP contribution is 2.38. The predicted octanol–water partition coefficient (Wildman–Crippen LogP) is 3.58. The van der Waals surface area contributed by atoms with Gasteiger partial charge in [-0.15, -0.1) is 0 Å². The minimum atomic E-state index is -1.64. The van der Waals surface area contributed by atoms with Gasteiger partial charge >= 0.3 is 0 Å². The molecule has 0 radical (unpaired) electrons. The van der Waals surface area contributed by atoms with Gasteiger partial charge in [0, 0.05) is 13.6 Å². The lowest BCUT2D eigenvalue weighted by atomic mass is 10.2. The molecule has 0 saturated carbocycles. The second-order valence-electron chi connectivity index (χ2n) is 5.97. The Balaban J connectivity index is 2.72. The molecule has 0 saturated heterocycles. The van der Waals surface area contributed by atoms with E-state index in [9.17, 15) is 0 Å². The van der Waals surface area contributed by atoms with Gasteiger partial charge in [-0.2, -0.15) is 0 Å². The Labute approximate surface area is 95.4 Å². The minimum Gasteiger partial charge on any atom is -0.532 e. The van der Waals surface area contributed by atoms with E-state index in [1.54, 1.807) is 0 Å². The van der Waals surface area contributed by atoms with E-state index >= 15 is 0 Å². The van der Waals surface area contributed by atoms with Crippen LogP contribution in [0, 0.1) is 0 Å². The molecule has 0 aromatic heterocycles. The van der Waals surface area contributed by atoms with Gasteiger partial charge in [0.15, 0.2) is 5.88 Å². The molecule has 0 fully saturated rings. The fraction of sp³-hybridized carbons (Fsp3) is 0.833. The molecule has 0 amide bonds. The number of nitrogens with zero attached hydrogens (tertiary/aromatic N) is 1. The van der Waals surface area contributed by atoms with Crippen molar-refractivity contribution < 1.29 is 4.43 Å². The van der Waals surface area contributed by atoms with Crippen LogP contribution in [0.3, 0.4) is 0 Å². The number of hydrogen-bond donors (Lipinski definition) is 0. The van der Waals surface area contributed by atoms with Crippen molar-refractivity contribution in [3.05, 3.63) is 12.0 Å². The van der Waals surface area contributed by atoms with Crippen LogP contribution in [0.15, 0.2) is 12.0 Å². The second kappa shape index (κ2) is 4.20. The quantitative estimate of drug-likeness (QED) is 0.669. The van der Waals surface area contributed by atoms with Gasteiger partial charge in [-0.1, -0.05) is 20.8 Å². The molecule has 0 N–H and O–H groups in total. The standard InChI is InChI=1S/C12H25NOSi/c1-12(2,3)15(5,6)14-11-9-7-8-10-13(11)4/h9H,7-8,10H2,1-6H3. The van der Waals surface area contributed by atoms with E-state index in [0.717, 1.165) is 18.8 Å². The zero-order valence-corrected chi connectivity index (χ0v) is 12.1. The van der Waals surface area contributed by atoms with Crippen LogP contribution in [0.5, 0.6) is 0 Å². The van der Waals surface area contributed by atoms with E-state index in [2.05, 4.69) is 51.9 Å². The SMILES string of the molecule is CN1CCCC=C1O[Si](C)(C)C(C)(C)C. The van der Waals surface area contributed by atoms with Crippen molar-refractivity contribution in [3.8, 4) is 0 Å². The molecule has 2 nitrogen and oxygen atoms in total. The molecule has 1 aliphatic rings.